The summed E-state index contributed by atoms with van der Waals surface area (Å²) < 4.78 is 19.5. The molecule has 5 rings (SSSR count). The van der Waals surface area contributed by atoms with Gasteiger partial charge < -0.3 is 29.1 Å². The van der Waals surface area contributed by atoms with Crippen molar-refractivity contribution in [2.75, 3.05) is 56.2 Å². The average Bonchev–Trinajstić information content (AvgIpc) is 3.28. The van der Waals surface area contributed by atoms with Crippen molar-refractivity contribution < 1.29 is 38.3 Å². The molecule has 0 saturated heterocycles. The third-order valence-electron chi connectivity index (χ3n) is 12.4. The van der Waals surface area contributed by atoms with Gasteiger partial charge in [0.2, 0.25) is 0 Å². The van der Waals surface area contributed by atoms with E-state index < -0.39 is 11.8 Å². The summed E-state index contributed by atoms with van der Waals surface area (Å²) in [5.74, 6) is 0.0449. The Morgan fingerprint density at radius 3 is 1.97 bits per heavy atom. The Hall–Kier alpha value is -6.00. The maximum atomic E-state index is 13.3. The maximum absolute atomic E-state index is 13.3. The van der Waals surface area contributed by atoms with Crippen molar-refractivity contribution >= 4 is 45.9 Å². The largest absolute Gasteiger partial charge is 0.514 e. The van der Waals surface area contributed by atoms with Gasteiger partial charge in [0, 0.05) is 78.3 Å². The van der Waals surface area contributed by atoms with Crippen molar-refractivity contribution in [3.05, 3.63) is 137 Å². The van der Waals surface area contributed by atoms with Crippen LogP contribution in [0.2, 0.25) is 0 Å². The Morgan fingerprint density at radius 2 is 1.44 bits per heavy atom. The second-order valence-corrected chi connectivity index (χ2v) is 20.8. The van der Waals surface area contributed by atoms with Crippen molar-refractivity contribution in [1.82, 2.24) is 0 Å². The molecule has 1 atom stereocenters. The molecule has 1 unspecified atom stereocenters. The lowest BCUT2D eigenvalue weighted by atomic mass is 9.77. The highest BCUT2D eigenvalue weighted by Crippen LogP contribution is 2.43. The third kappa shape index (κ3) is 13.4. The highest BCUT2D eigenvalue weighted by atomic mass is 16.7. The first-order valence-corrected chi connectivity index (χ1v) is 24.1. The van der Waals surface area contributed by atoms with Gasteiger partial charge in [-0.2, -0.15) is 0 Å². The fourth-order valence-electron chi connectivity index (χ4n) is 8.80. The van der Waals surface area contributed by atoms with Crippen LogP contribution in [-0.4, -0.2) is 85.5 Å². The topological polar surface area (TPSA) is 109 Å². The number of fused-ring (bicyclic) bond motifs is 1. The number of hydrogen-bond acceptors (Lipinski definition) is 8. The molecule has 4 aromatic rings. The van der Waals surface area contributed by atoms with Crippen molar-refractivity contribution in [2.24, 2.45) is 5.92 Å². The van der Waals surface area contributed by atoms with Crippen LogP contribution in [0.1, 0.15) is 123 Å². The molecule has 1 N–H and O–H groups in total. The quantitative estimate of drug-likeness (QED) is 0.0483. The number of esters is 1. The van der Waals surface area contributed by atoms with E-state index in [1.165, 1.54) is 0 Å². The number of aliphatic hydroxyl groups is 1. The van der Waals surface area contributed by atoms with E-state index in [9.17, 15) is 19.5 Å². The van der Waals surface area contributed by atoms with Crippen LogP contribution in [0.4, 0.5) is 16.2 Å². The average molecular weight is 927 g/mol. The second kappa shape index (κ2) is 22.4. The molecule has 364 valence electrons. The first-order chi connectivity index (χ1) is 32.0. The Morgan fingerprint density at radius 1 is 0.838 bits per heavy atom. The van der Waals surface area contributed by atoms with Crippen LogP contribution in [0, 0.1) is 5.92 Å². The number of benzene rings is 4. The van der Waals surface area contributed by atoms with Crippen LogP contribution in [0.3, 0.4) is 0 Å². The lowest BCUT2D eigenvalue weighted by molar-refractivity contribution is -0.524. The molecular formula is C58H76N3O7+. The highest BCUT2D eigenvalue weighted by molar-refractivity contribution is 6.10. The Bertz CT molecular complexity index is 2500. The summed E-state index contributed by atoms with van der Waals surface area (Å²) in [5.41, 5.74) is 6.99. The van der Waals surface area contributed by atoms with Gasteiger partial charge in [-0.25, -0.2) is 9.37 Å². The summed E-state index contributed by atoms with van der Waals surface area (Å²) in [5, 5.41) is 11.8. The predicted molar refractivity (Wildman–Crippen MR) is 278 cm³/mol. The number of hydrogen-bond donors (Lipinski definition) is 1. The van der Waals surface area contributed by atoms with Crippen LogP contribution in [0.15, 0.2) is 109 Å². The van der Waals surface area contributed by atoms with E-state index in [2.05, 4.69) is 138 Å². The van der Waals surface area contributed by atoms with Crippen molar-refractivity contribution in [3.63, 3.8) is 0 Å². The number of amides is 1. The summed E-state index contributed by atoms with van der Waals surface area (Å²) in [6, 6.07) is 25.2. The Labute approximate surface area is 406 Å². The zero-order valence-electron chi connectivity index (χ0n) is 43.0. The zero-order chi connectivity index (χ0) is 50.1. The van der Waals surface area contributed by atoms with E-state index >= 15 is 0 Å². The van der Waals surface area contributed by atoms with E-state index in [-0.39, 0.29) is 54.2 Å². The maximum Gasteiger partial charge on any atom is 0.514 e. The standard InChI is InChI=1S/C58H76N3O7/c1-15-60(33-35-62)43-26-22-41(23-27-43)52(47-30-31-50(59(14)54(64)39(3)4)46-20-18-17-19-45(46)47)42-24-28-44(29-25-42)61(16-2)34-36-66-51(63)32-21-40-37-48(56(5,6)7)53(49(38-40)57(8,9)10)67-55(65)68-58(11,12)13/h17-20,22-31,37-38,42,52,62H,3,15-16,21,32-36H2,1-2,4-14H3/q+1. The molecule has 68 heavy (non-hydrogen) atoms. The number of allylic oxidation sites excluding steroid dienone is 4. The van der Waals surface area contributed by atoms with Crippen molar-refractivity contribution in [3.8, 4) is 5.75 Å². The van der Waals surface area contributed by atoms with Gasteiger partial charge >= 0.3 is 12.1 Å². The monoisotopic (exact) mass is 927 g/mol. The molecule has 0 heterocycles. The van der Waals surface area contributed by atoms with E-state index in [1.54, 1.807) is 18.9 Å². The number of rotatable bonds is 17. The summed E-state index contributed by atoms with van der Waals surface area (Å²) in [6.45, 7) is 30.7. The van der Waals surface area contributed by atoms with Gasteiger partial charge in [-0.15, -0.1) is 0 Å². The minimum Gasteiger partial charge on any atom is -0.459 e. The first kappa shape index (κ1) is 53.0. The van der Waals surface area contributed by atoms with Crippen molar-refractivity contribution in [2.45, 2.75) is 118 Å². The van der Waals surface area contributed by atoms with Gasteiger partial charge in [-0.3, -0.25) is 9.59 Å². The molecule has 0 aromatic heterocycles. The number of anilines is 2. The molecule has 0 spiro atoms. The normalized spacial score (nSPS) is 14.4. The van der Waals surface area contributed by atoms with Crippen LogP contribution in [0.25, 0.3) is 10.8 Å². The van der Waals surface area contributed by atoms with E-state index in [0.717, 1.165) is 68.8 Å². The van der Waals surface area contributed by atoms with Gasteiger partial charge in [0.15, 0.2) is 12.3 Å². The summed E-state index contributed by atoms with van der Waals surface area (Å²) in [4.78, 5) is 43.1. The molecule has 0 saturated carbocycles. The predicted octanol–water partition coefficient (Wildman–Crippen LogP) is 11.6. The number of carbonyl (C=O) groups excluding carboxylic acids is 3. The van der Waals surface area contributed by atoms with E-state index in [4.69, 9.17) is 14.2 Å². The van der Waals surface area contributed by atoms with E-state index in [0.29, 0.717) is 30.8 Å². The zero-order valence-corrected chi connectivity index (χ0v) is 43.0. The van der Waals surface area contributed by atoms with Crippen LogP contribution in [-0.2, 0) is 36.3 Å². The Kier molecular flexibility index (Phi) is 17.5. The lowest BCUT2D eigenvalue weighted by Crippen LogP contribution is -2.28. The van der Waals surface area contributed by atoms with Crippen LogP contribution < -0.4 is 14.5 Å². The lowest BCUT2D eigenvalue weighted by Gasteiger charge is -2.30. The van der Waals surface area contributed by atoms with Gasteiger partial charge in [0.05, 0.1) is 12.3 Å². The fourth-order valence-corrected chi connectivity index (χ4v) is 8.80. The van der Waals surface area contributed by atoms with Gasteiger partial charge in [0.1, 0.15) is 24.5 Å². The smallest absolute Gasteiger partial charge is 0.459 e. The van der Waals surface area contributed by atoms with Crippen molar-refractivity contribution in [1.29, 1.82) is 0 Å². The molecule has 0 radical (unpaired) electrons. The minimum absolute atomic E-state index is 0.000396. The molecule has 4 aromatic carbocycles. The summed E-state index contributed by atoms with van der Waals surface area (Å²) in [6.07, 6.45) is 8.80. The second-order valence-electron chi connectivity index (χ2n) is 20.8. The number of aliphatic hydroxyl groups excluding tert-OH is 1. The van der Waals surface area contributed by atoms with Crippen LogP contribution >= 0.6 is 0 Å². The molecule has 1 aliphatic carbocycles. The third-order valence-corrected chi connectivity index (χ3v) is 12.4. The minimum atomic E-state index is -0.744. The van der Waals surface area contributed by atoms with E-state index in [1.807, 2.05) is 51.1 Å². The molecule has 1 amide bonds. The molecule has 10 nitrogen and oxygen atoms in total. The van der Waals surface area contributed by atoms with Gasteiger partial charge in [-0.05, 0) is 99.1 Å². The number of ether oxygens (including phenoxy) is 3. The van der Waals surface area contributed by atoms with Gasteiger partial charge in [-0.1, -0.05) is 115 Å². The number of nitrogens with zero attached hydrogens (tertiary/aromatic N) is 3. The molecule has 0 fully saturated rings. The number of likely N-dealkylation sites (N-methyl/N-ethyl adjacent to an activating group) is 3. The molecular weight excluding hydrogens is 851 g/mol. The summed E-state index contributed by atoms with van der Waals surface area (Å²) >= 11 is 0. The highest BCUT2D eigenvalue weighted by Gasteiger charge is 2.32. The molecule has 0 aliphatic heterocycles. The Balaban J connectivity index is 1.36. The van der Waals surface area contributed by atoms with Crippen LogP contribution in [0.5, 0.6) is 5.75 Å². The SMILES string of the molecule is C=C(C)C(=O)N(C)c1ccc(C(c2ccc(N(CC)CCO)cc2)C2C=CC(=[N+](CC)CCOC(=O)CCc3cc(C(C)(C)C)c(OC(=O)OC(C)(C)C)c(C(C)(C)C)c3)C=C2)c2ccccc12. The first-order valence-electron chi connectivity index (χ1n) is 24.1. The fraction of sp³-hybridized carbons (Fsp3) is 0.448. The number of aryl methyl sites for hydroxylation is 1. The summed E-state index contributed by atoms with van der Waals surface area (Å²) in [7, 11) is 1.80. The van der Waals surface area contributed by atoms with Gasteiger partial charge in [0.25, 0.3) is 5.91 Å². The molecule has 10 heteroatoms. The number of carbonyl (C=O) groups is 3. The molecule has 0 bridgehead atoms. The molecule has 1 aliphatic rings.